The molecule has 1 aromatic rings. The van der Waals surface area contributed by atoms with Crippen molar-refractivity contribution in [1.82, 2.24) is 4.90 Å². The summed E-state index contributed by atoms with van der Waals surface area (Å²) in [7, 11) is 2.10. The van der Waals surface area contributed by atoms with E-state index in [0.717, 1.165) is 6.54 Å². The summed E-state index contributed by atoms with van der Waals surface area (Å²) in [5, 5.41) is 0. The van der Waals surface area contributed by atoms with E-state index in [2.05, 4.69) is 43.1 Å². The molecule has 0 saturated heterocycles. The molecule has 1 atom stereocenters. The third kappa shape index (κ3) is 3.17. The first-order valence-electron chi connectivity index (χ1n) is 4.68. The highest BCUT2D eigenvalue weighted by molar-refractivity contribution is 5.14. The second-order valence-corrected chi connectivity index (χ2v) is 3.49. The highest BCUT2D eigenvalue weighted by atomic mass is 15.1. The molecule has 1 aromatic carbocycles. The van der Waals surface area contributed by atoms with Gasteiger partial charge >= 0.3 is 0 Å². The smallest absolute Gasteiger partial charge is 0.0234 e. The lowest BCUT2D eigenvalue weighted by atomic mass is 10.2. The third-order valence-electron chi connectivity index (χ3n) is 2.37. The summed E-state index contributed by atoms with van der Waals surface area (Å²) in [5.41, 5.74) is 6.92. The Labute approximate surface area is 80.4 Å². The molecule has 0 radical (unpaired) electrons. The molecule has 2 N–H and O–H groups in total. The average Bonchev–Trinajstić information content (AvgIpc) is 2.18. The minimum Gasteiger partial charge on any atom is -0.329 e. The molecule has 72 valence electrons. The Morgan fingerprint density at radius 2 is 1.92 bits per heavy atom. The van der Waals surface area contributed by atoms with Gasteiger partial charge in [-0.2, -0.15) is 0 Å². The summed E-state index contributed by atoms with van der Waals surface area (Å²) in [5.74, 6) is 0. The standard InChI is InChI=1S/C11H18N2/c1-10(8-12)13(2)9-11-6-4-3-5-7-11/h3-7,10H,8-9,12H2,1-2H3. The number of nitrogens with two attached hydrogens (primary N) is 1. The predicted octanol–water partition coefficient (Wildman–Crippen LogP) is 1.47. The van der Waals surface area contributed by atoms with Crippen LogP contribution in [0.2, 0.25) is 0 Å². The summed E-state index contributed by atoms with van der Waals surface area (Å²) >= 11 is 0. The Balaban J connectivity index is 2.50. The van der Waals surface area contributed by atoms with E-state index in [-0.39, 0.29) is 0 Å². The van der Waals surface area contributed by atoms with Gasteiger partial charge in [-0.1, -0.05) is 30.3 Å². The minimum atomic E-state index is 0.445. The van der Waals surface area contributed by atoms with Gasteiger partial charge in [0.15, 0.2) is 0 Å². The Morgan fingerprint density at radius 3 is 2.46 bits per heavy atom. The number of rotatable bonds is 4. The fourth-order valence-corrected chi connectivity index (χ4v) is 1.21. The van der Waals surface area contributed by atoms with Crippen LogP contribution in [-0.4, -0.2) is 24.5 Å². The van der Waals surface area contributed by atoms with E-state index in [9.17, 15) is 0 Å². The number of likely N-dealkylation sites (N-methyl/N-ethyl adjacent to an activating group) is 1. The summed E-state index contributed by atoms with van der Waals surface area (Å²) in [4.78, 5) is 2.26. The molecule has 0 amide bonds. The minimum absolute atomic E-state index is 0.445. The molecule has 0 fully saturated rings. The highest BCUT2D eigenvalue weighted by Crippen LogP contribution is 2.04. The van der Waals surface area contributed by atoms with E-state index in [1.165, 1.54) is 5.56 Å². The number of hydrogen-bond acceptors (Lipinski definition) is 2. The van der Waals surface area contributed by atoms with Crippen LogP contribution in [0, 0.1) is 0 Å². The lowest BCUT2D eigenvalue weighted by Gasteiger charge is -2.23. The van der Waals surface area contributed by atoms with E-state index in [1.807, 2.05) is 6.07 Å². The van der Waals surface area contributed by atoms with Gasteiger partial charge in [0, 0.05) is 19.1 Å². The molecular weight excluding hydrogens is 160 g/mol. The normalized spacial score (nSPS) is 13.2. The quantitative estimate of drug-likeness (QED) is 0.756. The maximum atomic E-state index is 5.58. The van der Waals surface area contributed by atoms with Crippen LogP contribution in [-0.2, 0) is 6.54 Å². The van der Waals surface area contributed by atoms with Crippen molar-refractivity contribution in [2.45, 2.75) is 19.5 Å². The van der Waals surface area contributed by atoms with Gasteiger partial charge in [0.25, 0.3) is 0 Å². The number of hydrogen-bond donors (Lipinski definition) is 1. The highest BCUT2D eigenvalue weighted by Gasteiger charge is 2.06. The van der Waals surface area contributed by atoms with E-state index < -0.39 is 0 Å². The lowest BCUT2D eigenvalue weighted by Crippen LogP contribution is -2.34. The van der Waals surface area contributed by atoms with Crippen molar-refractivity contribution < 1.29 is 0 Å². The van der Waals surface area contributed by atoms with Crippen molar-refractivity contribution in [3.05, 3.63) is 35.9 Å². The first-order valence-corrected chi connectivity index (χ1v) is 4.68. The van der Waals surface area contributed by atoms with Gasteiger partial charge in [0.1, 0.15) is 0 Å². The van der Waals surface area contributed by atoms with Crippen LogP contribution in [0.25, 0.3) is 0 Å². The van der Waals surface area contributed by atoms with Gasteiger partial charge in [0.2, 0.25) is 0 Å². The molecule has 1 rings (SSSR count). The van der Waals surface area contributed by atoms with Crippen LogP contribution in [0.3, 0.4) is 0 Å². The Bertz CT molecular complexity index is 233. The van der Waals surface area contributed by atoms with E-state index in [0.29, 0.717) is 12.6 Å². The zero-order valence-corrected chi connectivity index (χ0v) is 8.40. The molecule has 13 heavy (non-hydrogen) atoms. The molecule has 2 nitrogen and oxygen atoms in total. The third-order valence-corrected chi connectivity index (χ3v) is 2.37. The van der Waals surface area contributed by atoms with Crippen LogP contribution < -0.4 is 5.73 Å². The SMILES string of the molecule is CC(CN)N(C)Cc1ccccc1. The molecule has 0 bridgehead atoms. The molecule has 0 aliphatic heterocycles. The molecule has 0 aromatic heterocycles. The zero-order valence-electron chi connectivity index (χ0n) is 8.40. The van der Waals surface area contributed by atoms with Crippen LogP contribution in [0.4, 0.5) is 0 Å². The average molecular weight is 178 g/mol. The summed E-state index contributed by atoms with van der Waals surface area (Å²) in [6.07, 6.45) is 0. The van der Waals surface area contributed by atoms with E-state index >= 15 is 0 Å². The first kappa shape index (κ1) is 10.2. The largest absolute Gasteiger partial charge is 0.329 e. The Kier molecular flexibility index (Phi) is 3.93. The van der Waals surface area contributed by atoms with Gasteiger partial charge in [-0.05, 0) is 19.5 Å². The fourth-order valence-electron chi connectivity index (χ4n) is 1.21. The molecule has 0 aliphatic carbocycles. The van der Waals surface area contributed by atoms with Gasteiger partial charge in [-0.3, -0.25) is 4.90 Å². The van der Waals surface area contributed by atoms with Crippen molar-refractivity contribution in [2.24, 2.45) is 5.73 Å². The second kappa shape index (κ2) is 5.00. The summed E-state index contributed by atoms with van der Waals surface area (Å²) < 4.78 is 0. The van der Waals surface area contributed by atoms with Gasteiger partial charge < -0.3 is 5.73 Å². The molecule has 0 aliphatic rings. The van der Waals surface area contributed by atoms with E-state index in [1.54, 1.807) is 0 Å². The molecular formula is C11H18N2. The van der Waals surface area contributed by atoms with Crippen LogP contribution >= 0.6 is 0 Å². The second-order valence-electron chi connectivity index (χ2n) is 3.49. The van der Waals surface area contributed by atoms with Crippen molar-refractivity contribution in [2.75, 3.05) is 13.6 Å². The topological polar surface area (TPSA) is 29.3 Å². The maximum absolute atomic E-state index is 5.58. The summed E-state index contributed by atoms with van der Waals surface area (Å²) in [6, 6.07) is 10.9. The Morgan fingerprint density at radius 1 is 1.31 bits per heavy atom. The summed E-state index contributed by atoms with van der Waals surface area (Å²) in [6.45, 7) is 3.82. The molecule has 2 heteroatoms. The number of benzene rings is 1. The predicted molar refractivity (Wildman–Crippen MR) is 56.4 cm³/mol. The van der Waals surface area contributed by atoms with Crippen molar-refractivity contribution in [3.8, 4) is 0 Å². The monoisotopic (exact) mass is 178 g/mol. The Hall–Kier alpha value is -0.860. The molecule has 1 unspecified atom stereocenters. The fraction of sp³-hybridized carbons (Fsp3) is 0.455. The van der Waals surface area contributed by atoms with Crippen LogP contribution in [0.15, 0.2) is 30.3 Å². The van der Waals surface area contributed by atoms with E-state index in [4.69, 9.17) is 5.73 Å². The lowest BCUT2D eigenvalue weighted by molar-refractivity contribution is 0.255. The van der Waals surface area contributed by atoms with Crippen LogP contribution in [0.1, 0.15) is 12.5 Å². The van der Waals surface area contributed by atoms with Gasteiger partial charge in [-0.15, -0.1) is 0 Å². The van der Waals surface area contributed by atoms with Crippen molar-refractivity contribution in [3.63, 3.8) is 0 Å². The van der Waals surface area contributed by atoms with Crippen molar-refractivity contribution in [1.29, 1.82) is 0 Å². The first-order chi connectivity index (χ1) is 6.24. The van der Waals surface area contributed by atoms with Crippen LogP contribution in [0.5, 0.6) is 0 Å². The molecule has 0 saturated carbocycles. The number of nitrogens with zero attached hydrogens (tertiary/aromatic N) is 1. The molecule has 0 heterocycles. The molecule has 0 spiro atoms. The zero-order chi connectivity index (χ0) is 9.68. The van der Waals surface area contributed by atoms with Crippen molar-refractivity contribution >= 4 is 0 Å². The van der Waals surface area contributed by atoms with Gasteiger partial charge in [0.05, 0.1) is 0 Å². The maximum Gasteiger partial charge on any atom is 0.0234 e. The van der Waals surface area contributed by atoms with Gasteiger partial charge in [-0.25, -0.2) is 0 Å².